The van der Waals surface area contributed by atoms with Gasteiger partial charge in [-0.2, -0.15) is 4.31 Å². The van der Waals surface area contributed by atoms with Crippen molar-refractivity contribution >= 4 is 15.9 Å². The van der Waals surface area contributed by atoms with Gasteiger partial charge in [0.05, 0.1) is 12.3 Å². The van der Waals surface area contributed by atoms with Gasteiger partial charge in [-0.3, -0.25) is 4.79 Å². The molecule has 1 rings (SSSR count). The Morgan fingerprint density at radius 2 is 1.70 bits per heavy atom. The van der Waals surface area contributed by atoms with Crippen molar-refractivity contribution in [1.82, 2.24) is 14.5 Å². The van der Waals surface area contributed by atoms with E-state index in [9.17, 15) is 13.2 Å². The van der Waals surface area contributed by atoms with Crippen LogP contribution in [-0.4, -0.2) is 67.5 Å². The molecule has 0 bridgehead atoms. The van der Waals surface area contributed by atoms with Crippen LogP contribution in [0.1, 0.15) is 34.1 Å². The Bertz CT molecular complexity index is 421. The van der Waals surface area contributed by atoms with Crippen molar-refractivity contribution in [3.8, 4) is 0 Å². The van der Waals surface area contributed by atoms with Gasteiger partial charge in [0.1, 0.15) is 0 Å². The molecule has 7 heteroatoms. The minimum Gasteiger partial charge on any atom is -0.339 e. The van der Waals surface area contributed by atoms with Crippen molar-refractivity contribution in [2.24, 2.45) is 0 Å². The maximum atomic E-state index is 12.0. The molecular formula is C13H27N3O3S. The van der Waals surface area contributed by atoms with Gasteiger partial charge in [-0.25, -0.2) is 8.42 Å². The van der Waals surface area contributed by atoms with Crippen LogP contribution < -0.4 is 5.32 Å². The molecule has 0 radical (unpaired) electrons. The number of sulfonamides is 1. The van der Waals surface area contributed by atoms with Crippen LogP contribution in [0.2, 0.25) is 0 Å². The first-order chi connectivity index (χ1) is 9.15. The Kier molecular flexibility index (Phi) is 5.97. The van der Waals surface area contributed by atoms with E-state index in [1.807, 2.05) is 27.7 Å². The number of hydrogen-bond acceptors (Lipinski definition) is 4. The fourth-order valence-electron chi connectivity index (χ4n) is 2.06. The molecule has 0 aliphatic carbocycles. The van der Waals surface area contributed by atoms with Gasteiger partial charge < -0.3 is 10.2 Å². The van der Waals surface area contributed by atoms with Gasteiger partial charge in [0, 0.05) is 31.7 Å². The smallest absolute Gasteiger partial charge is 0.236 e. The zero-order chi connectivity index (χ0) is 15.4. The summed E-state index contributed by atoms with van der Waals surface area (Å²) in [4.78, 5) is 13.8. The zero-order valence-electron chi connectivity index (χ0n) is 13.0. The maximum absolute atomic E-state index is 12.0. The van der Waals surface area contributed by atoms with E-state index in [0.717, 1.165) is 0 Å². The fourth-order valence-corrected chi connectivity index (χ4v) is 3.55. The van der Waals surface area contributed by atoms with Gasteiger partial charge in [0.15, 0.2) is 0 Å². The van der Waals surface area contributed by atoms with Crippen LogP contribution >= 0.6 is 0 Å². The molecule has 20 heavy (non-hydrogen) atoms. The van der Waals surface area contributed by atoms with Crippen molar-refractivity contribution in [2.75, 3.05) is 38.5 Å². The fraction of sp³-hybridized carbons (Fsp3) is 0.923. The monoisotopic (exact) mass is 305 g/mol. The lowest BCUT2D eigenvalue weighted by molar-refractivity contribution is -0.131. The van der Waals surface area contributed by atoms with Crippen LogP contribution in [0.3, 0.4) is 0 Å². The predicted molar refractivity (Wildman–Crippen MR) is 80.0 cm³/mol. The lowest BCUT2D eigenvalue weighted by Gasteiger charge is -2.34. The number of piperazine rings is 1. The van der Waals surface area contributed by atoms with Crippen LogP contribution in [0.15, 0.2) is 0 Å². The Labute approximate surface area is 122 Å². The van der Waals surface area contributed by atoms with E-state index in [-0.39, 0.29) is 17.2 Å². The van der Waals surface area contributed by atoms with Gasteiger partial charge >= 0.3 is 0 Å². The first-order valence-corrected chi connectivity index (χ1v) is 8.77. The van der Waals surface area contributed by atoms with E-state index in [1.165, 1.54) is 4.31 Å². The van der Waals surface area contributed by atoms with E-state index < -0.39 is 10.0 Å². The Morgan fingerprint density at radius 3 is 2.15 bits per heavy atom. The molecular weight excluding hydrogens is 278 g/mol. The summed E-state index contributed by atoms with van der Waals surface area (Å²) >= 11 is 0. The second kappa shape index (κ2) is 6.87. The van der Waals surface area contributed by atoms with E-state index in [2.05, 4.69) is 5.32 Å². The van der Waals surface area contributed by atoms with Crippen LogP contribution in [0.25, 0.3) is 0 Å². The van der Waals surface area contributed by atoms with Crippen LogP contribution in [0.4, 0.5) is 0 Å². The Hall–Kier alpha value is -0.660. The first-order valence-electron chi connectivity index (χ1n) is 7.16. The minimum atomic E-state index is -3.14. The van der Waals surface area contributed by atoms with E-state index in [0.29, 0.717) is 39.1 Å². The van der Waals surface area contributed by atoms with Crippen molar-refractivity contribution in [1.29, 1.82) is 0 Å². The number of nitrogens with zero attached hydrogens (tertiary/aromatic N) is 2. The van der Waals surface area contributed by atoms with Gasteiger partial charge in [-0.15, -0.1) is 0 Å². The van der Waals surface area contributed by atoms with Crippen LogP contribution in [0, 0.1) is 0 Å². The van der Waals surface area contributed by atoms with Gasteiger partial charge in [0.25, 0.3) is 0 Å². The summed E-state index contributed by atoms with van der Waals surface area (Å²) in [5, 5.41) is 3.16. The highest BCUT2D eigenvalue weighted by molar-refractivity contribution is 7.89. The van der Waals surface area contributed by atoms with Crippen molar-refractivity contribution in [2.45, 2.75) is 39.7 Å². The summed E-state index contributed by atoms with van der Waals surface area (Å²) < 4.78 is 25.4. The molecule has 1 heterocycles. The number of hydrogen-bond donors (Lipinski definition) is 1. The highest BCUT2D eigenvalue weighted by Gasteiger charge is 2.28. The number of carbonyl (C=O) groups excluding carboxylic acids is 1. The summed E-state index contributed by atoms with van der Waals surface area (Å²) in [6.07, 6.45) is 0.622. The zero-order valence-corrected chi connectivity index (χ0v) is 13.8. The number of nitrogens with one attached hydrogen (secondary N) is 1. The third-order valence-corrected chi connectivity index (χ3v) is 5.29. The highest BCUT2D eigenvalue weighted by atomic mass is 32.2. The SMILES string of the molecule is CCCS(=O)(=O)N1CCN(C(=O)CNC(C)(C)C)CC1. The number of rotatable bonds is 5. The summed E-state index contributed by atoms with van der Waals surface area (Å²) in [6, 6.07) is 0. The standard InChI is InChI=1S/C13H27N3O3S/c1-5-10-20(18,19)16-8-6-15(7-9-16)12(17)11-14-13(2,3)4/h14H,5-11H2,1-4H3. The van der Waals surface area contributed by atoms with E-state index >= 15 is 0 Å². The molecule has 0 aromatic heterocycles. The van der Waals surface area contributed by atoms with Crippen molar-refractivity contribution in [3.63, 3.8) is 0 Å². The number of carbonyl (C=O) groups is 1. The second-order valence-corrected chi connectivity index (χ2v) is 8.29. The van der Waals surface area contributed by atoms with Crippen LogP contribution in [0.5, 0.6) is 0 Å². The molecule has 0 spiro atoms. The molecule has 0 aromatic carbocycles. The van der Waals surface area contributed by atoms with E-state index in [1.54, 1.807) is 4.90 Å². The van der Waals surface area contributed by atoms with Crippen molar-refractivity contribution < 1.29 is 13.2 Å². The molecule has 6 nitrogen and oxygen atoms in total. The third kappa shape index (κ3) is 5.38. The van der Waals surface area contributed by atoms with Gasteiger partial charge in [0.2, 0.25) is 15.9 Å². The average molecular weight is 305 g/mol. The Balaban J connectivity index is 2.44. The predicted octanol–water partition coefficient (Wildman–Crippen LogP) is 0.259. The van der Waals surface area contributed by atoms with Crippen LogP contribution in [-0.2, 0) is 14.8 Å². The molecule has 1 N–H and O–H groups in total. The van der Waals surface area contributed by atoms with Gasteiger partial charge in [-0.05, 0) is 27.2 Å². The summed E-state index contributed by atoms with van der Waals surface area (Å²) in [5.74, 6) is 0.222. The Morgan fingerprint density at radius 1 is 1.15 bits per heavy atom. The van der Waals surface area contributed by atoms with Crippen molar-refractivity contribution in [3.05, 3.63) is 0 Å². The third-order valence-electron chi connectivity index (χ3n) is 3.22. The minimum absolute atomic E-state index is 0.0347. The van der Waals surface area contributed by atoms with Gasteiger partial charge in [-0.1, -0.05) is 6.92 Å². The molecule has 1 amide bonds. The van der Waals surface area contributed by atoms with E-state index in [4.69, 9.17) is 0 Å². The quantitative estimate of drug-likeness (QED) is 0.791. The largest absolute Gasteiger partial charge is 0.339 e. The number of amides is 1. The summed E-state index contributed by atoms with van der Waals surface area (Å²) in [5.41, 5.74) is -0.0953. The molecule has 1 aliphatic rings. The molecule has 0 atom stereocenters. The topological polar surface area (TPSA) is 69.7 Å². The molecule has 1 aliphatic heterocycles. The normalized spacial score (nSPS) is 18.3. The molecule has 0 unspecified atom stereocenters. The lowest BCUT2D eigenvalue weighted by atomic mass is 10.1. The maximum Gasteiger partial charge on any atom is 0.236 e. The molecule has 118 valence electrons. The molecule has 1 saturated heterocycles. The first kappa shape index (κ1) is 17.4. The molecule has 1 fully saturated rings. The summed E-state index contributed by atoms with van der Waals surface area (Å²) in [6.45, 7) is 9.95. The highest BCUT2D eigenvalue weighted by Crippen LogP contribution is 2.09. The second-order valence-electron chi connectivity index (χ2n) is 6.20. The average Bonchev–Trinajstić information content (AvgIpc) is 2.35. The summed E-state index contributed by atoms with van der Waals surface area (Å²) in [7, 11) is -3.14. The molecule has 0 saturated carbocycles. The molecule has 0 aromatic rings. The lowest BCUT2D eigenvalue weighted by Crippen LogP contribution is -2.53.